The number of para-hydroxylation sites is 1. The molecule has 0 fully saturated rings. The Labute approximate surface area is 132 Å². The molecule has 0 saturated heterocycles. The van der Waals surface area contributed by atoms with Crippen molar-refractivity contribution in [3.05, 3.63) is 29.8 Å². The largest absolute Gasteiger partial charge is 0.389 e. The van der Waals surface area contributed by atoms with Crippen molar-refractivity contribution in [3.63, 3.8) is 0 Å². The van der Waals surface area contributed by atoms with E-state index < -0.39 is 0 Å². The molecule has 21 heavy (non-hydrogen) atoms. The second kappa shape index (κ2) is 10.3. The molecule has 3 N–H and O–H groups in total. The summed E-state index contributed by atoms with van der Waals surface area (Å²) in [5.41, 5.74) is 6.91. The zero-order valence-corrected chi connectivity index (χ0v) is 13.4. The number of carbonyl (C=O) groups excluding carboxylic acids is 1. The average molecular weight is 308 g/mol. The highest BCUT2D eigenvalue weighted by atomic mass is 32.1. The first-order chi connectivity index (χ1) is 10.1. The molecule has 0 spiro atoms. The molecule has 116 valence electrons. The van der Waals surface area contributed by atoms with Crippen LogP contribution in [0.4, 0.5) is 5.69 Å². The molecule has 0 atom stereocenters. The summed E-state index contributed by atoms with van der Waals surface area (Å²) in [6.07, 6.45) is 5.87. The first-order valence-corrected chi connectivity index (χ1v) is 7.82. The van der Waals surface area contributed by atoms with Gasteiger partial charge in [0.15, 0.2) is 0 Å². The van der Waals surface area contributed by atoms with Crippen molar-refractivity contribution >= 4 is 28.8 Å². The highest BCUT2D eigenvalue weighted by Gasteiger charge is 2.08. The summed E-state index contributed by atoms with van der Waals surface area (Å²) < 4.78 is 5.37. The summed E-state index contributed by atoms with van der Waals surface area (Å²) in [4.78, 5) is 12.1. The van der Waals surface area contributed by atoms with E-state index in [4.69, 9.17) is 22.7 Å². The molecule has 0 aliphatic carbocycles. The zero-order valence-electron chi connectivity index (χ0n) is 12.6. The van der Waals surface area contributed by atoms with Crippen LogP contribution in [0.15, 0.2) is 24.3 Å². The number of unbranched alkanes of at least 4 members (excludes halogenated alkanes) is 4. The summed E-state index contributed by atoms with van der Waals surface area (Å²) in [7, 11) is 0. The van der Waals surface area contributed by atoms with E-state index in [9.17, 15) is 4.79 Å². The Morgan fingerprint density at radius 3 is 2.67 bits per heavy atom. The van der Waals surface area contributed by atoms with Crippen LogP contribution in [0, 0.1) is 0 Å². The van der Waals surface area contributed by atoms with E-state index in [1.165, 1.54) is 19.3 Å². The minimum atomic E-state index is -0.188. The molecule has 5 heteroatoms. The highest BCUT2D eigenvalue weighted by Crippen LogP contribution is 2.14. The number of rotatable bonds is 10. The van der Waals surface area contributed by atoms with Gasteiger partial charge < -0.3 is 15.8 Å². The average Bonchev–Trinajstić information content (AvgIpc) is 2.46. The van der Waals surface area contributed by atoms with Crippen LogP contribution in [0.25, 0.3) is 0 Å². The molecular weight excluding hydrogens is 284 g/mol. The zero-order chi connectivity index (χ0) is 15.5. The molecule has 0 aliphatic heterocycles. The van der Waals surface area contributed by atoms with E-state index in [0.29, 0.717) is 17.9 Å². The number of hydrogen-bond acceptors (Lipinski definition) is 3. The van der Waals surface area contributed by atoms with Gasteiger partial charge in [0.1, 0.15) is 11.6 Å². The van der Waals surface area contributed by atoms with E-state index in [-0.39, 0.29) is 17.5 Å². The summed E-state index contributed by atoms with van der Waals surface area (Å²) in [6, 6.07) is 7.21. The van der Waals surface area contributed by atoms with Crippen LogP contribution >= 0.6 is 12.2 Å². The summed E-state index contributed by atoms with van der Waals surface area (Å²) in [6.45, 7) is 2.86. The van der Waals surface area contributed by atoms with Crippen molar-refractivity contribution in [2.24, 2.45) is 5.73 Å². The van der Waals surface area contributed by atoms with E-state index in [1.54, 1.807) is 12.1 Å². The Balaban J connectivity index is 2.27. The lowest BCUT2D eigenvalue weighted by Crippen LogP contribution is -2.21. The number of ether oxygens (including phenoxy) is 1. The lowest BCUT2D eigenvalue weighted by Gasteiger charge is -2.10. The number of thiocarbonyl (C=S) groups is 1. The Bertz CT molecular complexity index is 463. The number of benzene rings is 1. The van der Waals surface area contributed by atoms with Crippen LogP contribution in [-0.2, 0) is 9.53 Å². The fourth-order valence-electron chi connectivity index (χ4n) is 1.97. The molecular formula is C16H24N2O2S. The predicted octanol–water partition coefficient (Wildman–Crippen LogP) is 3.25. The van der Waals surface area contributed by atoms with Crippen molar-refractivity contribution in [3.8, 4) is 0 Å². The molecule has 1 aromatic carbocycles. The van der Waals surface area contributed by atoms with Crippen molar-refractivity contribution < 1.29 is 9.53 Å². The first-order valence-electron chi connectivity index (χ1n) is 7.41. The molecule has 0 aliphatic rings. The van der Waals surface area contributed by atoms with Crippen LogP contribution in [0.3, 0.4) is 0 Å². The number of hydrogen-bond donors (Lipinski definition) is 2. The molecule has 0 heterocycles. The number of carbonyl (C=O) groups is 1. The normalized spacial score (nSPS) is 10.3. The topological polar surface area (TPSA) is 64.3 Å². The minimum absolute atomic E-state index is 0.0550. The number of amides is 1. The van der Waals surface area contributed by atoms with Crippen molar-refractivity contribution in [2.45, 2.75) is 39.0 Å². The SMILES string of the molecule is CCCCCCCOCC(=O)Nc1ccccc1C(N)=S. The van der Waals surface area contributed by atoms with Gasteiger partial charge >= 0.3 is 0 Å². The van der Waals surface area contributed by atoms with Gasteiger partial charge in [-0.3, -0.25) is 4.79 Å². The third-order valence-corrected chi connectivity index (χ3v) is 3.31. The Morgan fingerprint density at radius 2 is 1.95 bits per heavy atom. The summed E-state index contributed by atoms with van der Waals surface area (Å²) in [5, 5.41) is 2.77. The minimum Gasteiger partial charge on any atom is -0.389 e. The smallest absolute Gasteiger partial charge is 0.250 e. The predicted molar refractivity (Wildman–Crippen MR) is 90.5 cm³/mol. The molecule has 0 saturated carbocycles. The van der Waals surface area contributed by atoms with Crippen LogP contribution in [0.2, 0.25) is 0 Å². The van der Waals surface area contributed by atoms with Gasteiger partial charge in [-0.1, -0.05) is 57.0 Å². The van der Waals surface area contributed by atoms with Gasteiger partial charge in [0.2, 0.25) is 5.91 Å². The number of nitrogens with two attached hydrogens (primary N) is 1. The van der Waals surface area contributed by atoms with Gasteiger partial charge in [-0.05, 0) is 18.6 Å². The molecule has 1 amide bonds. The summed E-state index contributed by atoms with van der Waals surface area (Å²) >= 11 is 4.95. The molecule has 0 aromatic heterocycles. The van der Waals surface area contributed by atoms with Crippen molar-refractivity contribution in [1.29, 1.82) is 0 Å². The standard InChI is InChI=1S/C16H24N2O2S/c1-2-3-4-5-8-11-20-12-15(19)18-14-10-7-6-9-13(14)16(17)21/h6-7,9-10H,2-5,8,11-12H2,1H3,(H2,17,21)(H,18,19). The highest BCUT2D eigenvalue weighted by molar-refractivity contribution is 7.80. The van der Waals surface area contributed by atoms with Crippen LogP contribution in [0.5, 0.6) is 0 Å². The fourth-order valence-corrected chi connectivity index (χ4v) is 2.14. The van der Waals surface area contributed by atoms with Gasteiger partial charge in [-0.2, -0.15) is 0 Å². The van der Waals surface area contributed by atoms with E-state index in [2.05, 4.69) is 12.2 Å². The maximum atomic E-state index is 11.8. The number of anilines is 1. The maximum absolute atomic E-state index is 11.8. The van der Waals surface area contributed by atoms with Crippen molar-refractivity contribution in [2.75, 3.05) is 18.5 Å². The Hall–Kier alpha value is -1.46. The lowest BCUT2D eigenvalue weighted by molar-refractivity contribution is -0.120. The molecule has 0 radical (unpaired) electrons. The van der Waals surface area contributed by atoms with E-state index in [0.717, 1.165) is 12.8 Å². The van der Waals surface area contributed by atoms with Gasteiger partial charge in [0, 0.05) is 12.2 Å². The Morgan fingerprint density at radius 1 is 1.24 bits per heavy atom. The third kappa shape index (κ3) is 7.20. The first kappa shape index (κ1) is 17.6. The van der Waals surface area contributed by atoms with E-state index >= 15 is 0 Å². The second-order valence-corrected chi connectivity index (χ2v) is 5.36. The molecule has 1 rings (SSSR count). The molecule has 4 nitrogen and oxygen atoms in total. The van der Waals surface area contributed by atoms with Gasteiger partial charge in [-0.25, -0.2) is 0 Å². The van der Waals surface area contributed by atoms with Gasteiger partial charge in [0.25, 0.3) is 0 Å². The quantitative estimate of drug-likeness (QED) is 0.514. The number of nitrogens with one attached hydrogen (secondary N) is 1. The third-order valence-electron chi connectivity index (χ3n) is 3.09. The van der Waals surface area contributed by atoms with Crippen LogP contribution < -0.4 is 11.1 Å². The molecule has 1 aromatic rings. The van der Waals surface area contributed by atoms with E-state index in [1.807, 2.05) is 12.1 Å². The maximum Gasteiger partial charge on any atom is 0.250 e. The van der Waals surface area contributed by atoms with Gasteiger partial charge in [-0.15, -0.1) is 0 Å². The molecule has 0 bridgehead atoms. The summed E-state index contributed by atoms with van der Waals surface area (Å²) in [5.74, 6) is -0.188. The van der Waals surface area contributed by atoms with Crippen LogP contribution in [-0.4, -0.2) is 24.1 Å². The Kier molecular flexibility index (Phi) is 8.62. The van der Waals surface area contributed by atoms with Gasteiger partial charge in [0.05, 0.1) is 5.69 Å². The van der Waals surface area contributed by atoms with Crippen LogP contribution in [0.1, 0.15) is 44.6 Å². The monoisotopic (exact) mass is 308 g/mol. The lowest BCUT2D eigenvalue weighted by atomic mass is 10.2. The van der Waals surface area contributed by atoms with Crippen molar-refractivity contribution in [1.82, 2.24) is 0 Å². The fraction of sp³-hybridized carbons (Fsp3) is 0.500. The second-order valence-electron chi connectivity index (χ2n) is 4.92. The molecule has 0 unspecified atom stereocenters.